The molecule has 26 heavy (non-hydrogen) atoms. The molecule has 0 atom stereocenters. The number of nitrogens with one attached hydrogen (secondary N) is 2. The molecule has 0 aromatic carbocycles. The zero-order valence-electron chi connectivity index (χ0n) is 16.0. The first-order valence-corrected chi connectivity index (χ1v) is 9.11. The lowest BCUT2D eigenvalue weighted by molar-refractivity contribution is 0.203. The number of halogens is 1. The van der Waals surface area contributed by atoms with Gasteiger partial charge in [0, 0.05) is 38.5 Å². The Morgan fingerprint density at radius 3 is 2.50 bits per heavy atom. The van der Waals surface area contributed by atoms with Crippen LogP contribution in [0.4, 0.5) is 0 Å². The molecule has 10 heteroatoms. The van der Waals surface area contributed by atoms with Crippen molar-refractivity contribution < 1.29 is 4.74 Å². The zero-order valence-corrected chi connectivity index (χ0v) is 19.1. The maximum absolute atomic E-state index is 5.09. The smallest absolute Gasteiger partial charge is 0.191 e. The molecule has 0 saturated carbocycles. The van der Waals surface area contributed by atoms with Gasteiger partial charge in [0.15, 0.2) is 11.8 Å². The standard InChI is InChI=1S/C16H27N7OS.HI/c1-11-12(2)25-15(20-11)6-7-17-16(18-8-9-24-5)19-10-14-22-21-13(3)23(14)4;/h6-10H2,1-5H3,(H2,17,18,19);1H. The molecule has 146 valence electrons. The van der Waals surface area contributed by atoms with Gasteiger partial charge >= 0.3 is 0 Å². The summed E-state index contributed by atoms with van der Waals surface area (Å²) in [6, 6.07) is 0. The van der Waals surface area contributed by atoms with Crippen molar-refractivity contribution in [3.8, 4) is 0 Å². The molecule has 0 aliphatic carbocycles. The number of ether oxygens (including phenoxy) is 1. The Kier molecular flexibility index (Phi) is 10.0. The highest BCUT2D eigenvalue weighted by Crippen LogP contribution is 2.16. The van der Waals surface area contributed by atoms with Crippen molar-refractivity contribution in [2.45, 2.75) is 33.7 Å². The monoisotopic (exact) mass is 493 g/mol. The molecule has 0 spiro atoms. The van der Waals surface area contributed by atoms with Crippen LogP contribution in [0.15, 0.2) is 4.99 Å². The molecule has 2 rings (SSSR count). The van der Waals surface area contributed by atoms with Gasteiger partial charge in [0.05, 0.1) is 17.3 Å². The van der Waals surface area contributed by atoms with Gasteiger partial charge in [-0.3, -0.25) is 0 Å². The average Bonchev–Trinajstić information content (AvgIpc) is 3.07. The summed E-state index contributed by atoms with van der Waals surface area (Å²) >= 11 is 1.75. The number of aryl methyl sites for hydroxylation is 3. The molecule has 0 radical (unpaired) electrons. The minimum absolute atomic E-state index is 0. The van der Waals surface area contributed by atoms with Crippen LogP contribution < -0.4 is 10.6 Å². The first-order valence-electron chi connectivity index (χ1n) is 8.30. The Balaban J connectivity index is 0.00000338. The molecule has 2 aromatic rings. The van der Waals surface area contributed by atoms with Crippen LogP contribution >= 0.6 is 35.3 Å². The summed E-state index contributed by atoms with van der Waals surface area (Å²) in [6.45, 7) is 8.62. The van der Waals surface area contributed by atoms with E-state index in [1.165, 1.54) is 4.88 Å². The molecule has 0 aliphatic rings. The van der Waals surface area contributed by atoms with Crippen LogP contribution in [-0.2, 0) is 24.8 Å². The molecule has 8 nitrogen and oxygen atoms in total. The number of aliphatic imine (C=N–C) groups is 1. The molecule has 0 fully saturated rings. The van der Waals surface area contributed by atoms with Crippen LogP contribution in [0, 0.1) is 20.8 Å². The highest BCUT2D eigenvalue weighted by atomic mass is 127. The number of methoxy groups -OCH3 is 1. The number of rotatable bonds is 8. The van der Waals surface area contributed by atoms with E-state index in [-0.39, 0.29) is 24.0 Å². The number of thiazole rings is 1. The number of nitrogens with zero attached hydrogens (tertiary/aromatic N) is 5. The van der Waals surface area contributed by atoms with Crippen LogP contribution in [0.3, 0.4) is 0 Å². The third-order valence-electron chi connectivity index (χ3n) is 3.86. The van der Waals surface area contributed by atoms with E-state index < -0.39 is 0 Å². The number of guanidine groups is 1. The van der Waals surface area contributed by atoms with E-state index in [2.05, 4.69) is 37.7 Å². The molecule has 0 unspecified atom stereocenters. The van der Waals surface area contributed by atoms with Gasteiger partial charge in [-0.1, -0.05) is 0 Å². The lowest BCUT2D eigenvalue weighted by Crippen LogP contribution is -2.40. The van der Waals surface area contributed by atoms with Crippen molar-refractivity contribution in [3.05, 3.63) is 27.2 Å². The van der Waals surface area contributed by atoms with Gasteiger partial charge < -0.3 is 19.9 Å². The lowest BCUT2D eigenvalue weighted by Gasteiger charge is -2.11. The van der Waals surface area contributed by atoms with Gasteiger partial charge in [-0.05, 0) is 20.8 Å². The van der Waals surface area contributed by atoms with Gasteiger partial charge in [0.2, 0.25) is 0 Å². The summed E-state index contributed by atoms with van der Waals surface area (Å²) in [5.74, 6) is 2.45. The van der Waals surface area contributed by atoms with Gasteiger partial charge in [0.1, 0.15) is 12.4 Å². The molecule has 2 heterocycles. The van der Waals surface area contributed by atoms with Crippen LogP contribution in [0.5, 0.6) is 0 Å². The molecular formula is C16H28IN7OS. The Labute approximate surface area is 175 Å². The second-order valence-electron chi connectivity index (χ2n) is 5.73. The maximum Gasteiger partial charge on any atom is 0.191 e. The van der Waals surface area contributed by atoms with Crippen molar-refractivity contribution in [1.29, 1.82) is 0 Å². The summed E-state index contributed by atoms with van der Waals surface area (Å²) in [7, 11) is 3.63. The fourth-order valence-electron chi connectivity index (χ4n) is 2.12. The predicted molar refractivity (Wildman–Crippen MR) is 115 cm³/mol. The maximum atomic E-state index is 5.09. The van der Waals surface area contributed by atoms with Gasteiger partial charge in [-0.15, -0.1) is 45.5 Å². The SMILES string of the molecule is COCCNC(=NCc1nnc(C)n1C)NCCc1nc(C)c(C)s1.I. The topological polar surface area (TPSA) is 89.2 Å². The first-order chi connectivity index (χ1) is 12.0. The Bertz CT molecular complexity index is 694. The van der Waals surface area contributed by atoms with Gasteiger partial charge in [0.25, 0.3) is 0 Å². The summed E-state index contributed by atoms with van der Waals surface area (Å²) in [5, 5.41) is 15.9. The zero-order chi connectivity index (χ0) is 18.2. The van der Waals surface area contributed by atoms with Crippen molar-refractivity contribution in [2.75, 3.05) is 26.8 Å². The number of hydrogen-bond acceptors (Lipinski definition) is 6. The second-order valence-corrected chi connectivity index (χ2v) is 7.02. The minimum atomic E-state index is 0. The van der Waals surface area contributed by atoms with Gasteiger partial charge in [-0.25, -0.2) is 9.98 Å². The second kappa shape index (κ2) is 11.4. The number of aromatic nitrogens is 4. The van der Waals surface area contributed by atoms with E-state index in [1.54, 1.807) is 18.4 Å². The van der Waals surface area contributed by atoms with Crippen LogP contribution in [-0.4, -0.2) is 52.5 Å². The third kappa shape index (κ3) is 6.80. The van der Waals surface area contributed by atoms with Crippen LogP contribution in [0.2, 0.25) is 0 Å². The average molecular weight is 493 g/mol. The number of hydrogen-bond donors (Lipinski definition) is 2. The van der Waals surface area contributed by atoms with Crippen molar-refractivity contribution >= 4 is 41.3 Å². The highest BCUT2D eigenvalue weighted by molar-refractivity contribution is 14.0. The molecule has 0 aliphatic heterocycles. The summed E-state index contributed by atoms with van der Waals surface area (Å²) < 4.78 is 7.03. The van der Waals surface area contributed by atoms with E-state index in [9.17, 15) is 0 Å². The molecule has 0 saturated heterocycles. The van der Waals surface area contributed by atoms with Crippen molar-refractivity contribution in [3.63, 3.8) is 0 Å². The highest BCUT2D eigenvalue weighted by Gasteiger charge is 2.06. The summed E-state index contributed by atoms with van der Waals surface area (Å²) in [5.41, 5.74) is 1.12. The Morgan fingerprint density at radius 1 is 1.19 bits per heavy atom. The predicted octanol–water partition coefficient (Wildman–Crippen LogP) is 1.74. The summed E-state index contributed by atoms with van der Waals surface area (Å²) in [4.78, 5) is 10.4. The molecule has 0 amide bonds. The summed E-state index contributed by atoms with van der Waals surface area (Å²) in [6.07, 6.45) is 0.868. The lowest BCUT2D eigenvalue weighted by atomic mass is 10.4. The Hall–Kier alpha value is -1.27. The van der Waals surface area contributed by atoms with E-state index in [1.807, 2.05) is 25.5 Å². The quantitative estimate of drug-likeness (QED) is 0.252. The van der Waals surface area contributed by atoms with Crippen molar-refractivity contribution in [2.24, 2.45) is 12.0 Å². The van der Waals surface area contributed by atoms with Gasteiger partial charge in [-0.2, -0.15) is 0 Å². The Morgan fingerprint density at radius 2 is 1.92 bits per heavy atom. The first kappa shape index (κ1) is 22.8. The molecule has 2 N–H and O–H groups in total. The van der Waals surface area contributed by atoms with E-state index in [0.29, 0.717) is 19.7 Å². The molecule has 2 aromatic heterocycles. The van der Waals surface area contributed by atoms with E-state index >= 15 is 0 Å². The normalized spacial score (nSPS) is 11.3. The largest absolute Gasteiger partial charge is 0.383 e. The van der Waals surface area contributed by atoms with E-state index in [0.717, 1.165) is 41.3 Å². The van der Waals surface area contributed by atoms with E-state index in [4.69, 9.17) is 4.74 Å². The minimum Gasteiger partial charge on any atom is -0.383 e. The fraction of sp³-hybridized carbons (Fsp3) is 0.625. The molecule has 0 bridgehead atoms. The third-order valence-corrected chi connectivity index (χ3v) is 5.00. The van der Waals surface area contributed by atoms with Crippen LogP contribution in [0.1, 0.15) is 27.2 Å². The molecular weight excluding hydrogens is 465 g/mol. The van der Waals surface area contributed by atoms with Crippen LogP contribution in [0.25, 0.3) is 0 Å². The fourth-order valence-corrected chi connectivity index (χ4v) is 3.05. The van der Waals surface area contributed by atoms with Crippen molar-refractivity contribution in [1.82, 2.24) is 30.4 Å².